The molecule has 1 N–H and O–H groups in total. The molecule has 128 valence electrons. The van der Waals surface area contributed by atoms with Crippen molar-refractivity contribution in [3.05, 3.63) is 70.1 Å². The molecular formula is C18H15NO5S. The quantitative estimate of drug-likeness (QED) is 0.728. The van der Waals surface area contributed by atoms with Gasteiger partial charge in [-0.05, 0) is 36.8 Å². The Bertz CT molecular complexity index is 1150. The lowest BCUT2D eigenvalue weighted by Crippen LogP contribution is -2.16. The minimum Gasteiger partial charge on any atom is -0.423 e. The normalized spacial score (nSPS) is 11.4. The number of carbonyl (C=O) groups excluding carboxylic acids is 1. The summed E-state index contributed by atoms with van der Waals surface area (Å²) < 4.78 is 28.8. The number of benzene rings is 2. The highest BCUT2D eigenvalue weighted by Crippen LogP contribution is 2.22. The van der Waals surface area contributed by atoms with Gasteiger partial charge in [0.15, 0.2) is 9.84 Å². The number of rotatable bonds is 3. The zero-order valence-corrected chi connectivity index (χ0v) is 14.4. The highest BCUT2D eigenvalue weighted by Gasteiger charge is 2.18. The largest absolute Gasteiger partial charge is 0.423 e. The highest BCUT2D eigenvalue weighted by atomic mass is 32.2. The van der Waals surface area contributed by atoms with E-state index in [0.717, 1.165) is 17.2 Å². The van der Waals surface area contributed by atoms with Gasteiger partial charge in [0.05, 0.1) is 10.5 Å². The van der Waals surface area contributed by atoms with Gasteiger partial charge in [0.1, 0.15) is 5.58 Å². The molecule has 0 aliphatic heterocycles. The second-order valence-electron chi connectivity index (χ2n) is 5.68. The first-order chi connectivity index (χ1) is 11.8. The zero-order chi connectivity index (χ0) is 18.2. The summed E-state index contributed by atoms with van der Waals surface area (Å²) in [6.07, 6.45) is 1.05. The van der Waals surface area contributed by atoms with E-state index in [2.05, 4.69) is 5.32 Å². The maximum atomic E-state index is 12.5. The Balaban J connectivity index is 2.00. The topological polar surface area (TPSA) is 93.4 Å². The van der Waals surface area contributed by atoms with Crippen LogP contribution in [0.3, 0.4) is 0 Å². The van der Waals surface area contributed by atoms with Crippen molar-refractivity contribution < 1.29 is 17.6 Å². The van der Waals surface area contributed by atoms with E-state index >= 15 is 0 Å². The van der Waals surface area contributed by atoms with E-state index in [4.69, 9.17) is 4.42 Å². The number of amides is 1. The zero-order valence-electron chi connectivity index (χ0n) is 13.6. The summed E-state index contributed by atoms with van der Waals surface area (Å²) >= 11 is 0. The van der Waals surface area contributed by atoms with Crippen molar-refractivity contribution in [3.63, 3.8) is 0 Å². The van der Waals surface area contributed by atoms with Crippen LogP contribution < -0.4 is 10.9 Å². The lowest BCUT2D eigenvalue weighted by molar-refractivity contribution is 0.102. The number of hydrogen-bond acceptors (Lipinski definition) is 5. The van der Waals surface area contributed by atoms with Gasteiger partial charge in [-0.1, -0.05) is 12.1 Å². The fraction of sp³-hybridized carbons (Fsp3) is 0.111. The molecule has 0 unspecified atom stereocenters. The van der Waals surface area contributed by atoms with Gasteiger partial charge in [-0.3, -0.25) is 4.79 Å². The molecule has 25 heavy (non-hydrogen) atoms. The SMILES string of the molecule is Cc1cc(=O)oc2cc(NC(=O)c3ccccc3S(C)(=O)=O)ccc12. The first-order valence-corrected chi connectivity index (χ1v) is 9.30. The summed E-state index contributed by atoms with van der Waals surface area (Å²) in [5.74, 6) is -0.560. The molecule has 0 aliphatic carbocycles. The third-order valence-electron chi connectivity index (χ3n) is 3.74. The lowest BCUT2D eigenvalue weighted by Gasteiger charge is -2.09. The van der Waals surface area contributed by atoms with Crippen LogP contribution in [-0.4, -0.2) is 20.6 Å². The van der Waals surface area contributed by atoms with E-state index in [9.17, 15) is 18.0 Å². The fourth-order valence-electron chi connectivity index (χ4n) is 2.58. The molecule has 0 aliphatic rings. The monoisotopic (exact) mass is 357 g/mol. The summed E-state index contributed by atoms with van der Waals surface area (Å²) in [6.45, 7) is 1.79. The molecule has 7 heteroatoms. The number of anilines is 1. The van der Waals surface area contributed by atoms with Crippen LogP contribution in [0.5, 0.6) is 0 Å². The van der Waals surface area contributed by atoms with Crippen molar-refractivity contribution in [3.8, 4) is 0 Å². The minimum absolute atomic E-state index is 0.0457. The Kier molecular flexibility index (Phi) is 4.18. The summed E-state index contributed by atoms with van der Waals surface area (Å²) in [7, 11) is -3.54. The second-order valence-corrected chi connectivity index (χ2v) is 7.67. The molecule has 1 aromatic heterocycles. The van der Waals surface area contributed by atoms with Crippen LogP contribution in [0.4, 0.5) is 5.69 Å². The van der Waals surface area contributed by atoms with Gasteiger partial charge in [-0.25, -0.2) is 13.2 Å². The van der Waals surface area contributed by atoms with Crippen molar-refractivity contribution in [2.75, 3.05) is 11.6 Å². The summed E-state index contributed by atoms with van der Waals surface area (Å²) in [5.41, 5.74) is 1.09. The molecule has 0 fully saturated rings. The average Bonchev–Trinajstić information content (AvgIpc) is 2.53. The average molecular weight is 357 g/mol. The number of fused-ring (bicyclic) bond motifs is 1. The minimum atomic E-state index is -3.54. The predicted molar refractivity (Wildman–Crippen MR) is 94.7 cm³/mol. The van der Waals surface area contributed by atoms with Crippen molar-refractivity contribution in [2.24, 2.45) is 0 Å². The van der Waals surface area contributed by atoms with E-state index in [-0.39, 0.29) is 10.5 Å². The van der Waals surface area contributed by atoms with Gasteiger partial charge in [0.25, 0.3) is 5.91 Å². The van der Waals surface area contributed by atoms with Crippen LogP contribution in [0.1, 0.15) is 15.9 Å². The number of nitrogens with one attached hydrogen (secondary N) is 1. The third kappa shape index (κ3) is 3.46. The molecule has 0 bridgehead atoms. The summed E-state index contributed by atoms with van der Waals surface area (Å²) in [5, 5.41) is 3.39. The van der Waals surface area contributed by atoms with Crippen molar-refractivity contribution in [1.82, 2.24) is 0 Å². The number of aryl methyl sites for hydroxylation is 1. The number of carbonyl (C=O) groups is 1. The Morgan fingerprint density at radius 2 is 1.80 bits per heavy atom. The molecule has 3 rings (SSSR count). The number of hydrogen-bond donors (Lipinski definition) is 1. The van der Waals surface area contributed by atoms with Crippen LogP contribution in [0.25, 0.3) is 11.0 Å². The molecule has 2 aromatic carbocycles. The van der Waals surface area contributed by atoms with Gasteiger partial charge in [-0.15, -0.1) is 0 Å². The molecule has 0 spiro atoms. The van der Waals surface area contributed by atoms with Gasteiger partial charge in [0.2, 0.25) is 0 Å². The standard InChI is InChI=1S/C18H15NO5S/c1-11-9-17(20)24-15-10-12(7-8-13(11)15)19-18(21)14-5-3-4-6-16(14)25(2,22)23/h3-10H,1-2H3,(H,19,21). The van der Waals surface area contributed by atoms with E-state index in [1.54, 1.807) is 31.2 Å². The van der Waals surface area contributed by atoms with Crippen LogP contribution >= 0.6 is 0 Å². The Hall–Kier alpha value is -2.93. The first-order valence-electron chi connectivity index (χ1n) is 7.40. The Labute approximate surface area is 144 Å². The lowest BCUT2D eigenvalue weighted by atomic mass is 10.1. The third-order valence-corrected chi connectivity index (χ3v) is 4.90. The van der Waals surface area contributed by atoms with Crippen molar-refractivity contribution in [2.45, 2.75) is 11.8 Å². The summed E-state index contributed by atoms with van der Waals surface area (Å²) in [4.78, 5) is 23.9. The van der Waals surface area contributed by atoms with Crippen molar-refractivity contribution >= 4 is 32.4 Å². The molecule has 0 radical (unpaired) electrons. The highest BCUT2D eigenvalue weighted by molar-refractivity contribution is 7.90. The van der Waals surface area contributed by atoms with Crippen LogP contribution in [-0.2, 0) is 9.84 Å². The smallest absolute Gasteiger partial charge is 0.336 e. The van der Waals surface area contributed by atoms with E-state index < -0.39 is 21.4 Å². The molecule has 0 saturated carbocycles. The predicted octanol–water partition coefficient (Wildman–Crippen LogP) is 2.76. The van der Waals surface area contributed by atoms with Crippen LogP contribution in [0.15, 0.2) is 62.6 Å². The molecular weight excluding hydrogens is 342 g/mol. The van der Waals surface area contributed by atoms with Crippen LogP contribution in [0, 0.1) is 6.92 Å². The maximum Gasteiger partial charge on any atom is 0.336 e. The fourth-order valence-corrected chi connectivity index (χ4v) is 3.46. The molecule has 1 amide bonds. The van der Waals surface area contributed by atoms with Gasteiger partial charge < -0.3 is 9.73 Å². The van der Waals surface area contributed by atoms with Gasteiger partial charge in [0, 0.05) is 29.5 Å². The van der Waals surface area contributed by atoms with Gasteiger partial charge >= 0.3 is 5.63 Å². The molecule has 3 aromatic rings. The van der Waals surface area contributed by atoms with Crippen LogP contribution in [0.2, 0.25) is 0 Å². The second kappa shape index (κ2) is 6.18. The molecule has 1 heterocycles. The first kappa shape index (κ1) is 16.9. The number of sulfone groups is 1. The summed E-state index contributed by atoms with van der Waals surface area (Å²) in [6, 6.07) is 12.3. The van der Waals surface area contributed by atoms with E-state index in [1.165, 1.54) is 24.3 Å². The molecule has 0 saturated heterocycles. The Morgan fingerprint density at radius 3 is 2.52 bits per heavy atom. The van der Waals surface area contributed by atoms with Gasteiger partial charge in [-0.2, -0.15) is 0 Å². The molecule has 0 atom stereocenters. The maximum absolute atomic E-state index is 12.5. The van der Waals surface area contributed by atoms with E-state index in [0.29, 0.717) is 11.3 Å². The van der Waals surface area contributed by atoms with Crippen molar-refractivity contribution in [1.29, 1.82) is 0 Å². The Morgan fingerprint density at radius 1 is 1.08 bits per heavy atom. The molecule has 6 nitrogen and oxygen atoms in total. The van der Waals surface area contributed by atoms with E-state index in [1.807, 2.05) is 0 Å².